The fourth-order valence-electron chi connectivity index (χ4n) is 5.60. The van der Waals surface area contributed by atoms with Crippen LogP contribution in [0.1, 0.15) is 77.9 Å². The van der Waals surface area contributed by atoms with Gasteiger partial charge in [0.15, 0.2) is 0 Å². The van der Waals surface area contributed by atoms with Crippen LogP contribution in [0.25, 0.3) is 0 Å². The van der Waals surface area contributed by atoms with Gasteiger partial charge in [-0.15, -0.1) is 0 Å². The van der Waals surface area contributed by atoms with Crippen molar-refractivity contribution in [2.75, 3.05) is 11.4 Å². The molecule has 3 aromatic carbocycles. The van der Waals surface area contributed by atoms with Crippen LogP contribution < -0.4 is 15.0 Å². The third-order valence-corrected chi connectivity index (χ3v) is 7.77. The van der Waals surface area contributed by atoms with E-state index in [1.165, 1.54) is 43.7 Å². The standard InChI is InChI=1S/C32H36N2O4/c35-31(29-12-7-19-33-29)34(21-23-13-15-26(16-14-23)25-10-5-2-6-11-25)27-17-18-28(32(36)37)30(20-27)38-22-24-8-3-1-4-9-24/h1,3-4,8-9,13-18,20,25,29,33H,2,5-7,10-12,19,21-22H2,(H,36,37)/t29-/m1/s1. The average Bonchev–Trinajstić information content (AvgIpc) is 3.51. The zero-order valence-electron chi connectivity index (χ0n) is 21.8. The van der Waals surface area contributed by atoms with Gasteiger partial charge in [0.1, 0.15) is 17.9 Å². The minimum Gasteiger partial charge on any atom is -0.488 e. The maximum Gasteiger partial charge on any atom is 0.339 e. The molecule has 198 valence electrons. The van der Waals surface area contributed by atoms with Crippen LogP contribution in [0, 0.1) is 0 Å². The Morgan fingerprint density at radius 3 is 2.32 bits per heavy atom. The topological polar surface area (TPSA) is 78.9 Å². The predicted octanol–water partition coefficient (Wildman–Crippen LogP) is 6.30. The molecule has 2 fully saturated rings. The summed E-state index contributed by atoms with van der Waals surface area (Å²) in [5, 5.41) is 13.1. The fraction of sp³-hybridized carbons (Fsp3) is 0.375. The molecule has 0 unspecified atom stereocenters. The number of carbonyl (C=O) groups is 2. The Balaban J connectivity index is 1.41. The van der Waals surface area contributed by atoms with Gasteiger partial charge >= 0.3 is 5.97 Å². The molecule has 6 heteroatoms. The quantitative estimate of drug-likeness (QED) is 0.352. The molecule has 1 heterocycles. The van der Waals surface area contributed by atoms with Crippen LogP contribution in [-0.2, 0) is 17.9 Å². The highest BCUT2D eigenvalue weighted by Crippen LogP contribution is 2.33. The molecule has 1 atom stereocenters. The lowest BCUT2D eigenvalue weighted by Crippen LogP contribution is -2.43. The number of carboxylic acid groups (broad SMARTS) is 1. The predicted molar refractivity (Wildman–Crippen MR) is 149 cm³/mol. The summed E-state index contributed by atoms with van der Waals surface area (Å²) in [7, 11) is 0. The van der Waals surface area contributed by atoms with Crippen LogP contribution in [-0.4, -0.2) is 29.6 Å². The van der Waals surface area contributed by atoms with E-state index in [9.17, 15) is 14.7 Å². The lowest BCUT2D eigenvalue weighted by molar-refractivity contribution is -0.120. The van der Waals surface area contributed by atoms with Crippen LogP contribution in [0.5, 0.6) is 5.75 Å². The van der Waals surface area contributed by atoms with Gasteiger partial charge in [-0.3, -0.25) is 4.79 Å². The Labute approximate surface area is 224 Å². The van der Waals surface area contributed by atoms with Gasteiger partial charge < -0.3 is 20.1 Å². The van der Waals surface area contributed by atoms with Crippen LogP contribution >= 0.6 is 0 Å². The van der Waals surface area contributed by atoms with Crippen molar-refractivity contribution >= 4 is 17.6 Å². The van der Waals surface area contributed by atoms with Crippen LogP contribution in [0.4, 0.5) is 5.69 Å². The summed E-state index contributed by atoms with van der Waals surface area (Å²) in [4.78, 5) is 27.4. The van der Waals surface area contributed by atoms with Crippen molar-refractivity contribution in [3.8, 4) is 5.75 Å². The molecule has 3 aromatic rings. The number of carboxylic acids is 1. The molecule has 0 bridgehead atoms. The number of aromatic carboxylic acids is 1. The van der Waals surface area contributed by atoms with E-state index in [1.54, 1.807) is 17.0 Å². The zero-order chi connectivity index (χ0) is 26.3. The summed E-state index contributed by atoms with van der Waals surface area (Å²) in [6.07, 6.45) is 8.18. The van der Waals surface area contributed by atoms with Crippen LogP contribution in [0.2, 0.25) is 0 Å². The van der Waals surface area contributed by atoms with Crippen molar-refractivity contribution < 1.29 is 19.4 Å². The molecule has 6 nitrogen and oxygen atoms in total. The average molecular weight is 513 g/mol. The van der Waals surface area contributed by atoms with Crippen molar-refractivity contribution in [2.24, 2.45) is 0 Å². The number of rotatable bonds is 9. The lowest BCUT2D eigenvalue weighted by atomic mass is 9.84. The molecule has 1 saturated carbocycles. The third-order valence-electron chi connectivity index (χ3n) is 7.77. The molecule has 1 saturated heterocycles. The zero-order valence-corrected chi connectivity index (χ0v) is 21.8. The fourth-order valence-corrected chi connectivity index (χ4v) is 5.60. The molecule has 0 aromatic heterocycles. The summed E-state index contributed by atoms with van der Waals surface area (Å²) < 4.78 is 5.98. The van der Waals surface area contributed by atoms with Crippen molar-refractivity contribution in [3.05, 3.63) is 95.1 Å². The van der Waals surface area contributed by atoms with Gasteiger partial charge in [-0.05, 0) is 67.0 Å². The van der Waals surface area contributed by atoms with Crippen molar-refractivity contribution in [2.45, 2.75) is 70.1 Å². The van der Waals surface area contributed by atoms with E-state index in [2.05, 4.69) is 29.6 Å². The van der Waals surface area contributed by atoms with Crippen LogP contribution in [0.3, 0.4) is 0 Å². The van der Waals surface area contributed by atoms with E-state index in [-0.39, 0.29) is 29.9 Å². The largest absolute Gasteiger partial charge is 0.488 e. The summed E-state index contributed by atoms with van der Waals surface area (Å²) in [6.45, 7) is 1.47. The number of hydrogen-bond donors (Lipinski definition) is 2. The second-order valence-electron chi connectivity index (χ2n) is 10.4. The first kappa shape index (κ1) is 26.0. The molecule has 2 aliphatic rings. The Kier molecular flexibility index (Phi) is 8.39. The van der Waals surface area contributed by atoms with E-state index in [0.29, 0.717) is 18.2 Å². The second-order valence-corrected chi connectivity index (χ2v) is 10.4. The van der Waals surface area contributed by atoms with E-state index in [4.69, 9.17) is 4.74 Å². The number of nitrogens with one attached hydrogen (secondary N) is 1. The minimum atomic E-state index is -1.06. The highest BCUT2D eigenvalue weighted by molar-refractivity contribution is 5.98. The number of nitrogens with zero attached hydrogens (tertiary/aromatic N) is 1. The normalized spacial score (nSPS) is 17.7. The number of benzene rings is 3. The molecule has 0 spiro atoms. The minimum absolute atomic E-state index is 0.00376. The molecular formula is C32H36N2O4. The van der Waals surface area contributed by atoms with Crippen molar-refractivity contribution in [1.82, 2.24) is 5.32 Å². The maximum atomic E-state index is 13.7. The number of hydrogen-bond acceptors (Lipinski definition) is 4. The van der Waals surface area contributed by atoms with Gasteiger partial charge in [-0.25, -0.2) is 4.79 Å². The van der Waals surface area contributed by atoms with Gasteiger partial charge in [0.05, 0.1) is 12.6 Å². The number of amides is 1. The summed E-state index contributed by atoms with van der Waals surface area (Å²) in [5.41, 5.74) is 4.08. The highest BCUT2D eigenvalue weighted by atomic mass is 16.5. The highest BCUT2D eigenvalue weighted by Gasteiger charge is 2.29. The lowest BCUT2D eigenvalue weighted by Gasteiger charge is -2.27. The SMILES string of the molecule is O=C(O)c1ccc(N(Cc2ccc(C3CCCCC3)cc2)C(=O)[C@H]2CCCN2)cc1OCc1ccccc1. The summed E-state index contributed by atoms with van der Waals surface area (Å²) in [5.74, 6) is -0.182. The Hall–Kier alpha value is -3.64. The van der Waals surface area contributed by atoms with Gasteiger partial charge in [0.2, 0.25) is 5.91 Å². The third kappa shape index (κ3) is 6.25. The van der Waals surface area contributed by atoms with Crippen molar-refractivity contribution in [3.63, 3.8) is 0 Å². The van der Waals surface area contributed by atoms with Gasteiger partial charge in [0, 0.05) is 11.8 Å². The second kappa shape index (κ2) is 12.3. The van der Waals surface area contributed by atoms with Gasteiger partial charge in [-0.1, -0.05) is 73.9 Å². The Bertz CT molecular complexity index is 1230. The van der Waals surface area contributed by atoms with E-state index < -0.39 is 5.97 Å². The number of ether oxygens (including phenoxy) is 1. The molecule has 1 amide bonds. The number of carbonyl (C=O) groups excluding carboxylic acids is 1. The molecule has 0 radical (unpaired) electrons. The van der Waals surface area contributed by atoms with Crippen molar-refractivity contribution in [1.29, 1.82) is 0 Å². The summed E-state index contributed by atoms with van der Waals surface area (Å²) >= 11 is 0. The Morgan fingerprint density at radius 1 is 0.868 bits per heavy atom. The smallest absolute Gasteiger partial charge is 0.339 e. The van der Waals surface area contributed by atoms with E-state index >= 15 is 0 Å². The maximum absolute atomic E-state index is 13.7. The first-order valence-corrected chi connectivity index (χ1v) is 13.8. The molecule has 2 N–H and O–H groups in total. The Morgan fingerprint density at radius 2 is 1.63 bits per heavy atom. The number of anilines is 1. The van der Waals surface area contributed by atoms with E-state index in [0.717, 1.165) is 30.5 Å². The molecule has 1 aliphatic carbocycles. The summed E-state index contributed by atoms with van der Waals surface area (Å²) in [6, 6.07) is 23.0. The molecule has 38 heavy (non-hydrogen) atoms. The molecule has 5 rings (SSSR count). The first-order chi connectivity index (χ1) is 18.6. The van der Waals surface area contributed by atoms with Gasteiger partial charge in [-0.2, -0.15) is 0 Å². The van der Waals surface area contributed by atoms with Gasteiger partial charge in [0.25, 0.3) is 0 Å². The van der Waals surface area contributed by atoms with E-state index in [1.807, 2.05) is 30.3 Å². The van der Waals surface area contributed by atoms with Crippen LogP contribution in [0.15, 0.2) is 72.8 Å². The molecule has 1 aliphatic heterocycles. The molecular weight excluding hydrogens is 476 g/mol. The first-order valence-electron chi connectivity index (χ1n) is 13.8. The monoisotopic (exact) mass is 512 g/mol.